The van der Waals surface area contributed by atoms with E-state index in [0.717, 1.165) is 27.1 Å². The number of carbonyl (C=O) groups excluding carboxylic acids is 1. The Morgan fingerprint density at radius 2 is 1.90 bits per heavy atom. The average molecular weight is 512 g/mol. The van der Waals surface area contributed by atoms with Crippen LogP contribution in [0.3, 0.4) is 0 Å². The molecule has 0 aliphatic heterocycles. The summed E-state index contributed by atoms with van der Waals surface area (Å²) in [6, 6.07) is 17.7. The van der Waals surface area contributed by atoms with Gasteiger partial charge in [-0.25, -0.2) is 4.98 Å². The number of nitrogens with one attached hydrogen (secondary N) is 1. The van der Waals surface area contributed by atoms with Gasteiger partial charge in [-0.1, -0.05) is 76.2 Å². The fraction of sp³-hybridized carbons (Fsp3) is 0.0909. The molecule has 6 nitrogen and oxygen atoms in total. The van der Waals surface area contributed by atoms with E-state index in [-0.39, 0.29) is 11.7 Å². The number of thioether (sulfide) groups is 1. The molecule has 4 aromatic rings. The van der Waals surface area contributed by atoms with Crippen molar-refractivity contribution >= 4 is 50.1 Å². The van der Waals surface area contributed by atoms with E-state index in [1.165, 1.54) is 23.1 Å². The largest absolute Gasteiger partial charge is 0.301 e. The minimum Gasteiger partial charge on any atom is -0.301 e. The fourth-order valence-electron chi connectivity index (χ4n) is 2.86. The number of hydrogen-bond donors (Lipinski definition) is 1. The zero-order chi connectivity index (χ0) is 21.6. The van der Waals surface area contributed by atoms with Crippen molar-refractivity contribution in [2.75, 3.05) is 11.1 Å². The number of carbonyl (C=O) groups is 1. The maximum atomic E-state index is 12.5. The van der Waals surface area contributed by atoms with E-state index in [4.69, 9.17) is 0 Å². The summed E-state index contributed by atoms with van der Waals surface area (Å²) < 4.78 is 2.96. The molecule has 31 heavy (non-hydrogen) atoms. The fourth-order valence-corrected chi connectivity index (χ4v) is 4.61. The first-order valence-corrected chi connectivity index (χ1v) is 12.0. The van der Waals surface area contributed by atoms with Crippen LogP contribution in [-0.4, -0.2) is 31.4 Å². The van der Waals surface area contributed by atoms with E-state index in [9.17, 15) is 4.79 Å². The lowest BCUT2D eigenvalue weighted by atomic mass is 10.2. The first-order chi connectivity index (χ1) is 15.1. The molecule has 0 unspecified atom stereocenters. The maximum absolute atomic E-state index is 12.5. The summed E-state index contributed by atoms with van der Waals surface area (Å²) in [5, 5.41) is 14.6. The molecule has 0 saturated heterocycles. The van der Waals surface area contributed by atoms with Crippen molar-refractivity contribution in [1.82, 2.24) is 19.7 Å². The molecule has 0 aliphatic rings. The summed E-state index contributed by atoms with van der Waals surface area (Å²) in [5.41, 5.74) is 2.80. The number of nitrogens with zero attached hydrogens (tertiary/aromatic N) is 4. The highest BCUT2D eigenvalue weighted by molar-refractivity contribution is 9.10. The van der Waals surface area contributed by atoms with Crippen molar-refractivity contribution in [3.63, 3.8) is 0 Å². The van der Waals surface area contributed by atoms with Crippen molar-refractivity contribution in [3.8, 4) is 22.6 Å². The molecule has 0 aliphatic carbocycles. The Bertz CT molecular complexity index is 1190. The Balaban J connectivity index is 1.41. The molecule has 2 aromatic carbocycles. The Kier molecular flexibility index (Phi) is 6.96. The van der Waals surface area contributed by atoms with Crippen LogP contribution in [0.2, 0.25) is 0 Å². The van der Waals surface area contributed by atoms with Gasteiger partial charge in [0.1, 0.15) is 0 Å². The average Bonchev–Trinajstić information content (AvgIpc) is 3.41. The quantitative estimate of drug-likeness (QED) is 0.241. The minimum absolute atomic E-state index is 0.142. The first-order valence-electron chi connectivity index (χ1n) is 9.37. The van der Waals surface area contributed by atoms with Gasteiger partial charge in [0.25, 0.3) is 0 Å². The molecule has 1 N–H and O–H groups in total. The molecular weight excluding hydrogens is 494 g/mol. The third kappa shape index (κ3) is 5.30. The molecule has 2 heterocycles. The highest BCUT2D eigenvalue weighted by atomic mass is 79.9. The standard InChI is InChI=1S/C22H18BrN5OS2/c1-2-12-28-20(16-6-4-3-5-7-16)26-27-22(28)31-14-19(29)25-21-24-18(13-30-21)15-8-10-17(23)11-9-15/h2-11,13H,1,12,14H2,(H,24,25,29). The lowest BCUT2D eigenvalue weighted by molar-refractivity contribution is -0.113. The van der Waals surface area contributed by atoms with Gasteiger partial charge in [0.15, 0.2) is 16.1 Å². The molecule has 0 bridgehead atoms. The minimum atomic E-state index is -0.142. The van der Waals surface area contributed by atoms with Gasteiger partial charge in [-0.3, -0.25) is 9.36 Å². The monoisotopic (exact) mass is 511 g/mol. The topological polar surface area (TPSA) is 72.7 Å². The highest BCUT2D eigenvalue weighted by Gasteiger charge is 2.15. The number of hydrogen-bond acceptors (Lipinski definition) is 6. The van der Waals surface area contributed by atoms with Crippen LogP contribution in [0.4, 0.5) is 5.13 Å². The van der Waals surface area contributed by atoms with Gasteiger partial charge in [0.2, 0.25) is 5.91 Å². The second-order valence-electron chi connectivity index (χ2n) is 6.45. The number of rotatable bonds is 8. The van der Waals surface area contributed by atoms with Gasteiger partial charge in [0.05, 0.1) is 11.4 Å². The van der Waals surface area contributed by atoms with Gasteiger partial charge in [0, 0.05) is 27.5 Å². The zero-order valence-electron chi connectivity index (χ0n) is 16.4. The molecule has 0 atom stereocenters. The van der Waals surface area contributed by atoms with E-state index in [0.29, 0.717) is 16.8 Å². The van der Waals surface area contributed by atoms with Crippen LogP contribution in [0.1, 0.15) is 0 Å². The van der Waals surface area contributed by atoms with Crippen LogP contribution >= 0.6 is 39.0 Å². The van der Waals surface area contributed by atoms with E-state index in [1.54, 1.807) is 6.08 Å². The second-order valence-corrected chi connectivity index (χ2v) is 9.17. The van der Waals surface area contributed by atoms with E-state index >= 15 is 0 Å². The van der Waals surface area contributed by atoms with E-state index in [1.807, 2.05) is 64.5 Å². The molecule has 0 spiro atoms. The van der Waals surface area contributed by atoms with Crippen molar-refractivity contribution in [1.29, 1.82) is 0 Å². The Labute approximate surface area is 196 Å². The van der Waals surface area contributed by atoms with Crippen molar-refractivity contribution in [2.24, 2.45) is 0 Å². The predicted octanol–water partition coefficient (Wildman–Crippen LogP) is 5.75. The maximum Gasteiger partial charge on any atom is 0.236 e. The third-order valence-electron chi connectivity index (χ3n) is 4.28. The molecule has 156 valence electrons. The van der Waals surface area contributed by atoms with Crippen LogP contribution in [0.15, 0.2) is 82.3 Å². The third-order valence-corrected chi connectivity index (χ3v) is 6.54. The smallest absolute Gasteiger partial charge is 0.236 e. The summed E-state index contributed by atoms with van der Waals surface area (Å²) in [4.78, 5) is 17.0. The highest BCUT2D eigenvalue weighted by Crippen LogP contribution is 2.27. The molecule has 2 aromatic heterocycles. The van der Waals surface area contributed by atoms with Gasteiger partial charge in [-0.2, -0.15) is 0 Å². The number of anilines is 1. The number of benzene rings is 2. The van der Waals surface area contributed by atoms with Gasteiger partial charge in [-0.15, -0.1) is 28.1 Å². The predicted molar refractivity (Wildman–Crippen MR) is 130 cm³/mol. The Morgan fingerprint density at radius 3 is 2.65 bits per heavy atom. The summed E-state index contributed by atoms with van der Waals surface area (Å²) in [6.07, 6.45) is 1.79. The molecule has 1 amide bonds. The zero-order valence-corrected chi connectivity index (χ0v) is 19.6. The normalized spacial score (nSPS) is 10.7. The molecular formula is C22H18BrN5OS2. The van der Waals surface area contributed by atoms with Crippen molar-refractivity contribution in [2.45, 2.75) is 11.7 Å². The first kappa shape index (κ1) is 21.5. The molecule has 4 rings (SSSR count). The number of aromatic nitrogens is 4. The number of amides is 1. The van der Waals surface area contributed by atoms with Crippen LogP contribution in [0.5, 0.6) is 0 Å². The van der Waals surface area contributed by atoms with Crippen molar-refractivity contribution < 1.29 is 4.79 Å². The summed E-state index contributed by atoms with van der Waals surface area (Å²) >= 11 is 6.16. The molecule has 0 fully saturated rings. The molecule has 0 saturated carbocycles. The summed E-state index contributed by atoms with van der Waals surface area (Å²) in [6.45, 7) is 4.38. The molecule has 0 radical (unpaired) electrons. The Morgan fingerprint density at radius 1 is 1.13 bits per heavy atom. The van der Waals surface area contributed by atoms with Crippen LogP contribution in [0.25, 0.3) is 22.6 Å². The number of halogens is 1. The van der Waals surface area contributed by atoms with Crippen LogP contribution in [-0.2, 0) is 11.3 Å². The van der Waals surface area contributed by atoms with Gasteiger partial charge >= 0.3 is 0 Å². The SMILES string of the molecule is C=CCn1c(SCC(=O)Nc2nc(-c3ccc(Br)cc3)cs2)nnc1-c1ccccc1. The number of thiazole rings is 1. The number of allylic oxidation sites excluding steroid dienone is 1. The Hall–Kier alpha value is -2.75. The van der Waals surface area contributed by atoms with Gasteiger partial charge in [-0.05, 0) is 12.1 Å². The summed E-state index contributed by atoms with van der Waals surface area (Å²) in [5.74, 6) is 0.815. The van der Waals surface area contributed by atoms with Gasteiger partial charge < -0.3 is 5.32 Å². The van der Waals surface area contributed by atoms with Crippen LogP contribution in [0, 0.1) is 0 Å². The molecule has 9 heteroatoms. The lowest BCUT2D eigenvalue weighted by Crippen LogP contribution is -2.14. The van der Waals surface area contributed by atoms with Crippen LogP contribution < -0.4 is 5.32 Å². The van der Waals surface area contributed by atoms with E-state index < -0.39 is 0 Å². The van der Waals surface area contributed by atoms with Crippen molar-refractivity contribution in [3.05, 3.63) is 77.1 Å². The lowest BCUT2D eigenvalue weighted by Gasteiger charge is -2.07. The second kappa shape index (κ2) is 10.0. The van der Waals surface area contributed by atoms with E-state index in [2.05, 4.69) is 43.0 Å². The summed E-state index contributed by atoms with van der Waals surface area (Å²) in [7, 11) is 0.